The van der Waals surface area contributed by atoms with E-state index in [-0.39, 0.29) is 18.2 Å². The quantitative estimate of drug-likeness (QED) is 0.160. The third kappa shape index (κ3) is 5.22. The number of nitro groups is 1. The zero-order valence-corrected chi connectivity index (χ0v) is 20.2. The maximum atomic E-state index is 13.1. The first-order valence-electron chi connectivity index (χ1n) is 9.93. The Labute approximate surface area is 210 Å². The average Bonchev–Trinajstić information content (AvgIpc) is 3.10. The van der Waals surface area contributed by atoms with Crippen LogP contribution in [0.25, 0.3) is 6.08 Å². The molecular formula is C24H17ClN2O5S2. The lowest BCUT2D eigenvalue weighted by Gasteiger charge is -2.15. The minimum Gasteiger partial charge on any atom is -0.495 e. The van der Waals surface area contributed by atoms with Gasteiger partial charge in [-0.1, -0.05) is 47.7 Å². The van der Waals surface area contributed by atoms with Crippen molar-refractivity contribution in [3.8, 4) is 11.5 Å². The largest absolute Gasteiger partial charge is 0.495 e. The predicted molar refractivity (Wildman–Crippen MR) is 138 cm³/mol. The van der Waals surface area contributed by atoms with Crippen molar-refractivity contribution < 1.29 is 19.2 Å². The van der Waals surface area contributed by atoms with Crippen LogP contribution in [0.5, 0.6) is 11.5 Å². The highest BCUT2D eigenvalue weighted by molar-refractivity contribution is 8.27. The van der Waals surface area contributed by atoms with Gasteiger partial charge in [0.25, 0.3) is 11.6 Å². The summed E-state index contributed by atoms with van der Waals surface area (Å²) in [7, 11) is 1.52. The van der Waals surface area contributed by atoms with Crippen LogP contribution in [0.3, 0.4) is 0 Å². The number of amides is 1. The van der Waals surface area contributed by atoms with Crippen LogP contribution in [-0.2, 0) is 11.4 Å². The standard InChI is InChI=1S/C24H17ClN2O5S2/c1-31-21-10-9-18(13-20(21)25)26-23(28)22(34-24(26)33)12-16-3-2-4-19(11-16)32-14-15-5-7-17(8-6-15)27(29)30/h2-13H,14H2,1H3/b22-12+. The summed E-state index contributed by atoms with van der Waals surface area (Å²) in [5.41, 5.74) is 2.17. The number of non-ortho nitro benzene ring substituents is 1. The van der Waals surface area contributed by atoms with Crippen LogP contribution in [0.15, 0.2) is 71.6 Å². The Bertz CT molecular complexity index is 1310. The zero-order valence-electron chi connectivity index (χ0n) is 17.8. The maximum Gasteiger partial charge on any atom is 0.270 e. The maximum absolute atomic E-state index is 13.1. The van der Waals surface area contributed by atoms with Gasteiger partial charge in [0, 0.05) is 12.1 Å². The number of hydrogen-bond donors (Lipinski definition) is 0. The van der Waals surface area contributed by atoms with E-state index in [0.717, 1.165) is 11.1 Å². The average molecular weight is 513 g/mol. The molecule has 172 valence electrons. The van der Waals surface area contributed by atoms with Crippen molar-refractivity contribution in [1.29, 1.82) is 0 Å². The van der Waals surface area contributed by atoms with E-state index in [1.165, 1.54) is 35.9 Å². The second-order valence-electron chi connectivity index (χ2n) is 7.12. The number of nitro benzene ring substituents is 1. The molecule has 0 atom stereocenters. The molecule has 0 saturated carbocycles. The molecule has 1 aliphatic rings. The summed E-state index contributed by atoms with van der Waals surface area (Å²) < 4.78 is 11.4. The number of rotatable bonds is 7. The molecule has 10 heteroatoms. The molecule has 1 fully saturated rings. The second-order valence-corrected chi connectivity index (χ2v) is 9.20. The number of nitrogens with zero attached hydrogens (tertiary/aromatic N) is 2. The van der Waals surface area contributed by atoms with Gasteiger partial charge >= 0.3 is 0 Å². The second kappa shape index (κ2) is 10.3. The lowest BCUT2D eigenvalue weighted by Crippen LogP contribution is -2.27. The first-order chi connectivity index (χ1) is 16.4. The van der Waals surface area contributed by atoms with Crippen LogP contribution in [0.2, 0.25) is 5.02 Å². The SMILES string of the molecule is COc1ccc(N2C(=O)/C(=C\c3cccc(OCc4ccc([N+](=O)[O-])cc4)c3)SC2=S)cc1Cl. The van der Waals surface area contributed by atoms with Crippen molar-refractivity contribution in [1.82, 2.24) is 0 Å². The van der Waals surface area contributed by atoms with Gasteiger partial charge in [0.2, 0.25) is 0 Å². The Balaban J connectivity index is 1.48. The van der Waals surface area contributed by atoms with Gasteiger partial charge in [-0.2, -0.15) is 0 Å². The van der Waals surface area contributed by atoms with Crippen LogP contribution in [0.4, 0.5) is 11.4 Å². The summed E-state index contributed by atoms with van der Waals surface area (Å²) in [5.74, 6) is 0.870. The van der Waals surface area contributed by atoms with Gasteiger partial charge in [0.15, 0.2) is 4.32 Å². The lowest BCUT2D eigenvalue weighted by molar-refractivity contribution is -0.384. The summed E-state index contributed by atoms with van der Waals surface area (Å²) in [6, 6.07) is 18.5. The molecule has 3 aromatic rings. The van der Waals surface area contributed by atoms with Crippen molar-refractivity contribution in [2.24, 2.45) is 0 Å². The Morgan fingerprint density at radius 3 is 2.59 bits per heavy atom. The van der Waals surface area contributed by atoms with E-state index in [1.807, 2.05) is 18.2 Å². The number of carbonyl (C=O) groups excluding carboxylic acids is 1. The number of carbonyl (C=O) groups is 1. The van der Waals surface area contributed by atoms with Crippen molar-refractivity contribution in [2.45, 2.75) is 6.61 Å². The molecule has 0 bridgehead atoms. The highest BCUT2D eigenvalue weighted by atomic mass is 35.5. The van der Waals surface area contributed by atoms with Gasteiger partial charge in [-0.25, -0.2) is 0 Å². The molecule has 0 radical (unpaired) electrons. The van der Waals surface area contributed by atoms with Crippen LogP contribution in [0, 0.1) is 10.1 Å². The van der Waals surface area contributed by atoms with Gasteiger partial charge in [-0.05, 0) is 59.7 Å². The molecule has 0 spiro atoms. The van der Waals surface area contributed by atoms with Crippen molar-refractivity contribution in [3.63, 3.8) is 0 Å². The predicted octanol–water partition coefficient (Wildman–Crippen LogP) is 6.24. The van der Waals surface area contributed by atoms with E-state index in [2.05, 4.69) is 0 Å². The summed E-state index contributed by atoms with van der Waals surface area (Å²) >= 11 is 12.8. The van der Waals surface area contributed by atoms with Crippen molar-refractivity contribution in [3.05, 3.63) is 97.9 Å². The molecule has 1 saturated heterocycles. The fourth-order valence-electron chi connectivity index (χ4n) is 3.21. The molecule has 3 aromatic carbocycles. The molecule has 0 aliphatic carbocycles. The Morgan fingerprint density at radius 2 is 1.91 bits per heavy atom. The number of methoxy groups -OCH3 is 1. The van der Waals surface area contributed by atoms with E-state index in [1.54, 1.807) is 42.5 Å². The molecule has 1 aliphatic heterocycles. The smallest absolute Gasteiger partial charge is 0.270 e. The van der Waals surface area contributed by atoms with Gasteiger partial charge in [0.1, 0.15) is 18.1 Å². The van der Waals surface area contributed by atoms with E-state index in [9.17, 15) is 14.9 Å². The minimum absolute atomic E-state index is 0.0278. The van der Waals surface area contributed by atoms with Gasteiger partial charge in [0.05, 0.1) is 27.6 Å². The molecule has 0 aromatic heterocycles. The number of thioether (sulfide) groups is 1. The van der Waals surface area contributed by atoms with Crippen molar-refractivity contribution >= 4 is 63.3 Å². The monoisotopic (exact) mass is 512 g/mol. The number of hydrogen-bond acceptors (Lipinski definition) is 7. The Morgan fingerprint density at radius 1 is 1.15 bits per heavy atom. The van der Waals surface area contributed by atoms with Crippen molar-refractivity contribution in [2.75, 3.05) is 12.0 Å². The van der Waals surface area contributed by atoms with E-state index >= 15 is 0 Å². The van der Waals surface area contributed by atoms with Crippen LogP contribution >= 0.6 is 35.6 Å². The minimum atomic E-state index is -0.444. The highest BCUT2D eigenvalue weighted by Gasteiger charge is 2.33. The van der Waals surface area contributed by atoms with E-state index < -0.39 is 4.92 Å². The molecule has 0 unspecified atom stereocenters. The fourth-order valence-corrected chi connectivity index (χ4v) is 4.76. The molecule has 0 N–H and O–H groups in total. The number of ether oxygens (including phenoxy) is 2. The van der Waals surface area contributed by atoms with Crippen LogP contribution in [0.1, 0.15) is 11.1 Å². The van der Waals surface area contributed by atoms with E-state index in [0.29, 0.717) is 31.4 Å². The molecule has 1 amide bonds. The zero-order chi connectivity index (χ0) is 24.2. The van der Waals surface area contributed by atoms with Crippen LogP contribution in [-0.4, -0.2) is 22.3 Å². The van der Waals surface area contributed by atoms with Crippen LogP contribution < -0.4 is 14.4 Å². The third-order valence-electron chi connectivity index (χ3n) is 4.90. The van der Waals surface area contributed by atoms with Gasteiger partial charge in [-0.3, -0.25) is 19.8 Å². The molecular weight excluding hydrogens is 496 g/mol. The topological polar surface area (TPSA) is 81.9 Å². The highest BCUT2D eigenvalue weighted by Crippen LogP contribution is 2.38. The Kier molecular flexibility index (Phi) is 7.16. The molecule has 34 heavy (non-hydrogen) atoms. The third-order valence-corrected chi connectivity index (χ3v) is 6.49. The van der Waals surface area contributed by atoms with E-state index in [4.69, 9.17) is 33.3 Å². The summed E-state index contributed by atoms with van der Waals surface area (Å²) in [5, 5.41) is 11.2. The fraction of sp³-hybridized carbons (Fsp3) is 0.0833. The lowest BCUT2D eigenvalue weighted by atomic mass is 10.2. The molecule has 7 nitrogen and oxygen atoms in total. The first kappa shape index (κ1) is 23.7. The van der Waals surface area contributed by atoms with Gasteiger partial charge in [-0.15, -0.1) is 0 Å². The number of anilines is 1. The number of benzene rings is 3. The Hall–Kier alpha value is -3.40. The molecule has 1 heterocycles. The first-order valence-corrected chi connectivity index (χ1v) is 11.5. The normalized spacial score (nSPS) is 14.5. The van der Waals surface area contributed by atoms with Gasteiger partial charge < -0.3 is 9.47 Å². The number of thiocarbonyl (C=S) groups is 1. The summed E-state index contributed by atoms with van der Waals surface area (Å²) in [4.78, 5) is 25.3. The number of halogens is 1. The summed E-state index contributed by atoms with van der Waals surface area (Å²) in [6.07, 6.45) is 1.75. The molecule has 4 rings (SSSR count). The summed E-state index contributed by atoms with van der Waals surface area (Å²) in [6.45, 7) is 0.252.